The summed E-state index contributed by atoms with van der Waals surface area (Å²) in [6.45, 7) is 10.3. The summed E-state index contributed by atoms with van der Waals surface area (Å²) < 4.78 is 0. The summed E-state index contributed by atoms with van der Waals surface area (Å²) in [5.41, 5.74) is 6.16. The zero-order valence-corrected chi connectivity index (χ0v) is 10.5. The highest BCUT2D eigenvalue weighted by atomic mass is 32.2. The lowest BCUT2D eigenvalue weighted by molar-refractivity contribution is 0.241. The van der Waals surface area contributed by atoms with Gasteiger partial charge in [-0.15, -0.1) is 0 Å². The van der Waals surface area contributed by atoms with Gasteiger partial charge in [-0.05, 0) is 5.92 Å². The Kier molecular flexibility index (Phi) is 5.28. The Labute approximate surface area is 92.6 Å². The number of nitrogens with two attached hydrogens (primary N) is 1. The van der Waals surface area contributed by atoms with Crippen molar-refractivity contribution in [3.8, 4) is 0 Å². The molecule has 0 radical (unpaired) electrons. The van der Waals surface area contributed by atoms with Gasteiger partial charge in [0.25, 0.3) is 0 Å². The van der Waals surface area contributed by atoms with Crippen LogP contribution in [0.4, 0.5) is 0 Å². The molecule has 0 aromatic rings. The Morgan fingerprint density at radius 1 is 1.57 bits per heavy atom. The molecule has 0 saturated carbocycles. The molecule has 14 heavy (non-hydrogen) atoms. The van der Waals surface area contributed by atoms with E-state index in [9.17, 15) is 0 Å². The molecule has 1 saturated heterocycles. The van der Waals surface area contributed by atoms with Gasteiger partial charge >= 0.3 is 0 Å². The van der Waals surface area contributed by atoms with E-state index in [0.29, 0.717) is 12.0 Å². The third kappa shape index (κ3) is 3.79. The van der Waals surface area contributed by atoms with E-state index in [-0.39, 0.29) is 0 Å². The number of nitrogens with zero attached hydrogens (tertiary/aromatic N) is 1. The minimum absolute atomic E-state index is 0.357. The maximum atomic E-state index is 6.16. The van der Waals surface area contributed by atoms with Gasteiger partial charge in [-0.1, -0.05) is 27.2 Å². The first kappa shape index (κ1) is 12.3. The van der Waals surface area contributed by atoms with Gasteiger partial charge in [-0.3, -0.25) is 4.90 Å². The molecule has 0 spiro atoms. The molecule has 1 aliphatic heterocycles. The van der Waals surface area contributed by atoms with E-state index in [4.69, 9.17) is 5.73 Å². The molecule has 3 heteroatoms. The number of hydrogen-bond acceptors (Lipinski definition) is 3. The summed E-state index contributed by atoms with van der Waals surface area (Å²) in [6.07, 6.45) is 1.19. The molecule has 1 rings (SSSR count). The van der Waals surface area contributed by atoms with Crippen molar-refractivity contribution in [2.24, 2.45) is 11.7 Å². The van der Waals surface area contributed by atoms with Crippen LogP contribution in [0.15, 0.2) is 0 Å². The van der Waals surface area contributed by atoms with Crippen LogP contribution in [0.3, 0.4) is 0 Å². The van der Waals surface area contributed by atoms with E-state index in [1.807, 2.05) is 0 Å². The first-order chi connectivity index (χ1) is 6.63. The quantitative estimate of drug-likeness (QED) is 0.777. The minimum Gasteiger partial charge on any atom is -0.326 e. The molecule has 3 unspecified atom stereocenters. The second-order valence-corrected chi connectivity index (χ2v) is 6.04. The molecule has 0 aromatic heterocycles. The molecule has 2 nitrogen and oxygen atoms in total. The summed E-state index contributed by atoms with van der Waals surface area (Å²) in [5.74, 6) is 1.92. The van der Waals surface area contributed by atoms with Crippen LogP contribution in [-0.4, -0.2) is 41.6 Å². The molecule has 84 valence electrons. The third-order valence-corrected chi connectivity index (χ3v) is 4.31. The Morgan fingerprint density at radius 3 is 2.86 bits per heavy atom. The highest BCUT2D eigenvalue weighted by Gasteiger charge is 2.20. The second-order valence-electron chi connectivity index (χ2n) is 4.49. The van der Waals surface area contributed by atoms with Crippen LogP contribution in [0.5, 0.6) is 0 Å². The Hall–Kier alpha value is 0.270. The normalized spacial score (nSPS) is 28.7. The summed E-state index contributed by atoms with van der Waals surface area (Å²) in [4.78, 5) is 2.53. The van der Waals surface area contributed by atoms with Crippen molar-refractivity contribution in [2.45, 2.75) is 38.5 Å². The predicted octanol–water partition coefficient (Wildman–Crippen LogP) is 1.80. The van der Waals surface area contributed by atoms with Crippen LogP contribution in [0.25, 0.3) is 0 Å². The van der Waals surface area contributed by atoms with Crippen LogP contribution in [0, 0.1) is 5.92 Å². The molecule has 0 aromatic carbocycles. The summed E-state index contributed by atoms with van der Waals surface area (Å²) in [5, 5.41) is 0.785. The highest BCUT2D eigenvalue weighted by Crippen LogP contribution is 2.18. The Balaban J connectivity index is 2.28. The van der Waals surface area contributed by atoms with E-state index in [2.05, 4.69) is 37.4 Å². The highest BCUT2D eigenvalue weighted by molar-refractivity contribution is 7.99. The van der Waals surface area contributed by atoms with E-state index < -0.39 is 0 Å². The van der Waals surface area contributed by atoms with Crippen LogP contribution >= 0.6 is 11.8 Å². The maximum Gasteiger partial charge on any atom is 0.0193 e. The van der Waals surface area contributed by atoms with Gasteiger partial charge in [-0.2, -0.15) is 11.8 Å². The summed E-state index contributed by atoms with van der Waals surface area (Å²) in [6, 6.07) is 0.357. The SMILES string of the molecule is CCC(C)C(N)CN1CCSC(C)C1. The van der Waals surface area contributed by atoms with Crippen molar-refractivity contribution in [3.05, 3.63) is 0 Å². The number of hydrogen-bond donors (Lipinski definition) is 1. The first-order valence-electron chi connectivity index (χ1n) is 5.73. The zero-order valence-electron chi connectivity index (χ0n) is 9.70. The fourth-order valence-electron chi connectivity index (χ4n) is 1.84. The lowest BCUT2D eigenvalue weighted by atomic mass is 9.99. The standard InChI is InChI=1S/C11H24N2S/c1-4-9(2)11(12)8-13-5-6-14-10(3)7-13/h9-11H,4-8,12H2,1-3H3. The smallest absolute Gasteiger partial charge is 0.0193 e. The summed E-state index contributed by atoms with van der Waals surface area (Å²) >= 11 is 2.08. The van der Waals surface area contributed by atoms with Crippen molar-refractivity contribution >= 4 is 11.8 Å². The molecule has 2 N–H and O–H groups in total. The molecule has 0 amide bonds. The van der Waals surface area contributed by atoms with Gasteiger partial charge in [0.2, 0.25) is 0 Å². The van der Waals surface area contributed by atoms with Gasteiger partial charge in [0, 0.05) is 36.7 Å². The van der Waals surface area contributed by atoms with E-state index in [1.165, 1.54) is 25.3 Å². The van der Waals surface area contributed by atoms with Gasteiger partial charge < -0.3 is 5.73 Å². The first-order valence-corrected chi connectivity index (χ1v) is 6.78. The average Bonchev–Trinajstić information content (AvgIpc) is 2.16. The molecule has 0 aliphatic carbocycles. The largest absolute Gasteiger partial charge is 0.326 e. The number of rotatable bonds is 4. The zero-order chi connectivity index (χ0) is 10.6. The molecule has 0 bridgehead atoms. The van der Waals surface area contributed by atoms with Crippen LogP contribution < -0.4 is 5.73 Å². The monoisotopic (exact) mass is 216 g/mol. The van der Waals surface area contributed by atoms with Crippen LogP contribution in [-0.2, 0) is 0 Å². The average molecular weight is 216 g/mol. The van der Waals surface area contributed by atoms with Gasteiger partial charge in [0.15, 0.2) is 0 Å². The molecular formula is C11H24N2S. The van der Waals surface area contributed by atoms with Gasteiger partial charge in [0.1, 0.15) is 0 Å². The lowest BCUT2D eigenvalue weighted by Gasteiger charge is -2.33. The third-order valence-electron chi connectivity index (χ3n) is 3.17. The van der Waals surface area contributed by atoms with Gasteiger partial charge in [0.05, 0.1) is 0 Å². The molecule has 3 atom stereocenters. The van der Waals surface area contributed by atoms with Crippen LogP contribution in [0.2, 0.25) is 0 Å². The number of thioether (sulfide) groups is 1. The van der Waals surface area contributed by atoms with Gasteiger partial charge in [-0.25, -0.2) is 0 Å². The van der Waals surface area contributed by atoms with E-state index in [1.54, 1.807) is 0 Å². The van der Waals surface area contributed by atoms with E-state index in [0.717, 1.165) is 11.8 Å². The second kappa shape index (κ2) is 5.99. The fraction of sp³-hybridized carbons (Fsp3) is 1.00. The Bertz CT molecular complexity index is 163. The maximum absolute atomic E-state index is 6.16. The van der Waals surface area contributed by atoms with E-state index >= 15 is 0 Å². The molecular weight excluding hydrogens is 192 g/mol. The van der Waals surface area contributed by atoms with Crippen molar-refractivity contribution in [1.82, 2.24) is 4.90 Å². The minimum atomic E-state index is 0.357. The molecule has 1 fully saturated rings. The molecule has 1 heterocycles. The topological polar surface area (TPSA) is 29.3 Å². The van der Waals surface area contributed by atoms with Crippen molar-refractivity contribution in [1.29, 1.82) is 0 Å². The van der Waals surface area contributed by atoms with Crippen LogP contribution in [0.1, 0.15) is 27.2 Å². The van der Waals surface area contributed by atoms with Crippen molar-refractivity contribution in [2.75, 3.05) is 25.4 Å². The fourth-order valence-corrected chi connectivity index (χ4v) is 2.92. The van der Waals surface area contributed by atoms with Crippen molar-refractivity contribution in [3.63, 3.8) is 0 Å². The van der Waals surface area contributed by atoms with Crippen molar-refractivity contribution < 1.29 is 0 Å². The summed E-state index contributed by atoms with van der Waals surface area (Å²) in [7, 11) is 0. The Morgan fingerprint density at radius 2 is 2.29 bits per heavy atom. The lowest BCUT2D eigenvalue weighted by Crippen LogP contribution is -2.46. The predicted molar refractivity (Wildman–Crippen MR) is 65.8 cm³/mol. The molecule has 1 aliphatic rings.